The van der Waals surface area contributed by atoms with Gasteiger partial charge in [-0.3, -0.25) is 14.5 Å². The van der Waals surface area contributed by atoms with Crippen LogP contribution in [0.2, 0.25) is 0 Å². The number of piperazine rings is 1. The van der Waals surface area contributed by atoms with Crippen LogP contribution in [0.15, 0.2) is 18.2 Å². The van der Waals surface area contributed by atoms with Crippen molar-refractivity contribution >= 4 is 23.2 Å². The maximum atomic E-state index is 13.8. The Kier molecular flexibility index (Phi) is 2.34. The zero-order valence-corrected chi connectivity index (χ0v) is 9.81. The molecule has 2 amide bonds. The summed E-state index contributed by atoms with van der Waals surface area (Å²) in [7, 11) is 1.53. The van der Waals surface area contributed by atoms with Crippen LogP contribution >= 0.6 is 0 Å². The van der Waals surface area contributed by atoms with E-state index in [0.717, 1.165) is 0 Å². The predicted molar refractivity (Wildman–Crippen MR) is 64.0 cm³/mol. The van der Waals surface area contributed by atoms with Crippen molar-refractivity contribution in [1.29, 1.82) is 0 Å². The molecule has 0 aliphatic carbocycles. The second kappa shape index (κ2) is 3.78. The van der Waals surface area contributed by atoms with Crippen LogP contribution in [-0.4, -0.2) is 38.0 Å². The van der Waals surface area contributed by atoms with Gasteiger partial charge in [-0.05, 0) is 12.1 Å². The van der Waals surface area contributed by atoms with Crippen LogP contribution in [-0.2, 0) is 9.59 Å². The van der Waals surface area contributed by atoms with E-state index >= 15 is 0 Å². The van der Waals surface area contributed by atoms with Crippen LogP contribution < -0.4 is 15.1 Å². The minimum absolute atomic E-state index is 0.170. The SMILES string of the molecule is CN1C(=O)C2CNCC(=O)N2c2cccc(F)c21. The van der Waals surface area contributed by atoms with E-state index in [-0.39, 0.29) is 24.0 Å². The Hall–Kier alpha value is -1.95. The molecule has 1 aromatic carbocycles. The van der Waals surface area contributed by atoms with E-state index in [1.807, 2.05) is 0 Å². The molecule has 2 heterocycles. The Bertz CT molecular complexity index is 546. The van der Waals surface area contributed by atoms with Crippen molar-refractivity contribution in [2.75, 3.05) is 29.9 Å². The lowest BCUT2D eigenvalue weighted by Crippen LogP contribution is -2.63. The first-order valence-corrected chi connectivity index (χ1v) is 5.70. The molecule has 1 unspecified atom stereocenters. The summed E-state index contributed by atoms with van der Waals surface area (Å²) in [5.74, 6) is -0.971. The van der Waals surface area contributed by atoms with Crippen molar-refractivity contribution in [1.82, 2.24) is 5.32 Å². The fraction of sp³-hybridized carbons (Fsp3) is 0.333. The Morgan fingerprint density at radius 3 is 2.94 bits per heavy atom. The van der Waals surface area contributed by atoms with Gasteiger partial charge in [-0.1, -0.05) is 6.07 Å². The number of likely N-dealkylation sites (N-methyl/N-ethyl adjacent to an activating group) is 1. The monoisotopic (exact) mass is 249 g/mol. The number of benzene rings is 1. The molecule has 0 saturated carbocycles. The van der Waals surface area contributed by atoms with E-state index in [4.69, 9.17) is 0 Å². The van der Waals surface area contributed by atoms with E-state index in [9.17, 15) is 14.0 Å². The third-order valence-corrected chi connectivity index (χ3v) is 3.37. The van der Waals surface area contributed by atoms with Gasteiger partial charge in [-0.15, -0.1) is 0 Å². The molecule has 5 nitrogen and oxygen atoms in total. The van der Waals surface area contributed by atoms with Gasteiger partial charge in [0.15, 0.2) is 0 Å². The molecule has 0 spiro atoms. The van der Waals surface area contributed by atoms with E-state index < -0.39 is 11.9 Å². The molecule has 1 N–H and O–H groups in total. The summed E-state index contributed by atoms with van der Waals surface area (Å²) in [6, 6.07) is 3.92. The lowest BCUT2D eigenvalue weighted by molar-refractivity contribution is -0.126. The fourth-order valence-corrected chi connectivity index (χ4v) is 2.53. The van der Waals surface area contributed by atoms with Crippen molar-refractivity contribution in [2.24, 2.45) is 0 Å². The molecular weight excluding hydrogens is 237 g/mol. The van der Waals surface area contributed by atoms with Crippen LogP contribution in [0.3, 0.4) is 0 Å². The third kappa shape index (κ3) is 1.35. The average Bonchev–Trinajstić information content (AvgIpc) is 2.35. The summed E-state index contributed by atoms with van der Waals surface area (Å²) in [6.07, 6.45) is 0. The molecule has 1 aromatic rings. The van der Waals surface area contributed by atoms with Gasteiger partial charge in [0.25, 0.3) is 5.91 Å². The van der Waals surface area contributed by atoms with Crippen LogP contribution in [0, 0.1) is 5.82 Å². The number of amides is 2. The number of hydrogen-bond acceptors (Lipinski definition) is 3. The summed E-state index contributed by atoms with van der Waals surface area (Å²) >= 11 is 0. The highest BCUT2D eigenvalue weighted by molar-refractivity contribution is 6.14. The minimum atomic E-state index is -0.578. The summed E-state index contributed by atoms with van der Waals surface area (Å²) < 4.78 is 13.8. The molecular formula is C12H12FN3O2. The van der Waals surface area contributed by atoms with Crippen LogP contribution in [0.4, 0.5) is 15.8 Å². The quantitative estimate of drug-likeness (QED) is 0.710. The Balaban J connectivity index is 2.21. The molecule has 94 valence electrons. The summed E-state index contributed by atoms with van der Waals surface area (Å²) in [5, 5.41) is 2.90. The molecule has 0 bridgehead atoms. The molecule has 0 radical (unpaired) electrons. The van der Waals surface area contributed by atoms with Crippen LogP contribution in [0.1, 0.15) is 0 Å². The Morgan fingerprint density at radius 1 is 1.39 bits per heavy atom. The van der Waals surface area contributed by atoms with E-state index in [1.54, 1.807) is 12.1 Å². The van der Waals surface area contributed by atoms with Gasteiger partial charge >= 0.3 is 0 Å². The molecule has 18 heavy (non-hydrogen) atoms. The molecule has 1 atom stereocenters. The van der Waals surface area contributed by atoms with Gasteiger partial charge in [0, 0.05) is 13.6 Å². The normalized spacial score (nSPS) is 22.9. The van der Waals surface area contributed by atoms with Crippen molar-refractivity contribution in [3.05, 3.63) is 24.0 Å². The number of nitrogens with one attached hydrogen (secondary N) is 1. The highest BCUT2D eigenvalue weighted by Gasteiger charge is 2.42. The predicted octanol–water partition coefficient (Wildman–Crippen LogP) is 0.107. The number of fused-ring (bicyclic) bond motifs is 3. The number of nitrogens with zero attached hydrogens (tertiary/aromatic N) is 2. The second-order valence-corrected chi connectivity index (χ2v) is 4.42. The van der Waals surface area contributed by atoms with Gasteiger partial charge in [-0.25, -0.2) is 4.39 Å². The zero-order chi connectivity index (χ0) is 12.9. The number of hydrogen-bond donors (Lipinski definition) is 1. The Labute approximate surface area is 103 Å². The minimum Gasteiger partial charge on any atom is -0.309 e. The number of anilines is 2. The first kappa shape index (κ1) is 11.2. The zero-order valence-electron chi connectivity index (χ0n) is 9.81. The molecule has 6 heteroatoms. The summed E-state index contributed by atoms with van der Waals surface area (Å²) in [5.41, 5.74) is 0.641. The highest BCUT2D eigenvalue weighted by Crippen LogP contribution is 2.37. The van der Waals surface area contributed by atoms with Gasteiger partial charge in [-0.2, -0.15) is 0 Å². The summed E-state index contributed by atoms with van der Waals surface area (Å²) in [6.45, 7) is 0.564. The van der Waals surface area contributed by atoms with Crippen molar-refractivity contribution in [3.63, 3.8) is 0 Å². The molecule has 1 fully saturated rings. The highest BCUT2D eigenvalue weighted by atomic mass is 19.1. The molecule has 2 aliphatic rings. The summed E-state index contributed by atoms with van der Waals surface area (Å²) in [4.78, 5) is 26.8. The number of rotatable bonds is 0. The largest absolute Gasteiger partial charge is 0.309 e. The van der Waals surface area contributed by atoms with Crippen LogP contribution in [0.5, 0.6) is 0 Å². The number of halogens is 1. The molecule has 3 rings (SSSR count). The lowest BCUT2D eigenvalue weighted by Gasteiger charge is -2.42. The van der Waals surface area contributed by atoms with Crippen molar-refractivity contribution in [2.45, 2.75) is 6.04 Å². The molecule has 0 aromatic heterocycles. The standard InChI is InChI=1S/C12H12FN3O2/c1-15-11-7(13)3-2-4-8(11)16-9(12(15)18)5-14-6-10(16)17/h2-4,9,14H,5-6H2,1H3. The number of para-hydroxylation sites is 1. The number of carbonyl (C=O) groups is 2. The van der Waals surface area contributed by atoms with Gasteiger partial charge in [0.1, 0.15) is 17.5 Å². The van der Waals surface area contributed by atoms with E-state index in [0.29, 0.717) is 12.2 Å². The van der Waals surface area contributed by atoms with E-state index in [1.165, 1.54) is 22.9 Å². The van der Waals surface area contributed by atoms with E-state index in [2.05, 4.69) is 5.32 Å². The fourth-order valence-electron chi connectivity index (χ4n) is 2.53. The molecule has 2 aliphatic heterocycles. The number of carbonyl (C=O) groups excluding carboxylic acids is 2. The maximum absolute atomic E-state index is 13.8. The van der Waals surface area contributed by atoms with Gasteiger partial charge in [0.05, 0.1) is 12.2 Å². The Morgan fingerprint density at radius 2 is 2.17 bits per heavy atom. The second-order valence-electron chi connectivity index (χ2n) is 4.42. The molecule has 1 saturated heterocycles. The van der Waals surface area contributed by atoms with Gasteiger partial charge < -0.3 is 10.2 Å². The van der Waals surface area contributed by atoms with Gasteiger partial charge in [0.2, 0.25) is 5.91 Å². The average molecular weight is 249 g/mol. The third-order valence-electron chi connectivity index (χ3n) is 3.37. The van der Waals surface area contributed by atoms with Crippen molar-refractivity contribution in [3.8, 4) is 0 Å². The maximum Gasteiger partial charge on any atom is 0.251 e. The first-order chi connectivity index (χ1) is 8.61. The topological polar surface area (TPSA) is 52.7 Å². The lowest BCUT2D eigenvalue weighted by atomic mass is 10.0. The first-order valence-electron chi connectivity index (χ1n) is 5.70. The smallest absolute Gasteiger partial charge is 0.251 e. The van der Waals surface area contributed by atoms with Crippen LogP contribution in [0.25, 0.3) is 0 Å². The van der Waals surface area contributed by atoms with Crippen molar-refractivity contribution < 1.29 is 14.0 Å².